The van der Waals surface area contributed by atoms with E-state index in [-0.39, 0.29) is 18.3 Å². The summed E-state index contributed by atoms with van der Waals surface area (Å²) in [6.07, 6.45) is 1.68. The fraction of sp³-hybridized carbons (Fsp3) is 0.0455. The van der Waals surface area contributed by atoms with Gasteiger partial charge in [-0.1, -0.05) is 41.9 Å². The van der Waals surface area contributed by atoms with Gasteiger partial charge in [-0.05, 0) is 36.4 Å². The van der Waals surface area contributed by atoms with Crippen molar-refractivity contribution in [3.05, 3.63) is 89.1 Å². The van der Waals surface area contributed by atoms with Crippen LogP contribution in [0.25, 0.3) is 10.9 Å². The average molecular weight is 406 g/mol. The van der Waals surface area contributed by atoms with E-state index in [1.807, 2.05) is 18.2 Å². The van der Waals surface area contributed by atoms with E-state index in [0.29, 0.717) is 27.6 Å². The maximum Gasteiger partial charge on any atom is 0.262 e. The van der Waals surface area contributed by atoms with Crippen LogP contribution in [0.1, 0.15) is 15.9 Å². The number of amides is 1. The maximum atomic E-state index is 12.8. The second kappa shape index (κ2) is 8.16. The monoisotopic (exact) mass is 405 g/mol. The molecule has 3 aromatic carbocycles. The van der Waals surface area contributed by atoms with Crippen molar-refractivity contribution in [2.45, 2.75) is 0 Å². The lowest BCUT2D eigenvalue weighted by Crippen LogP contribution is -2.21. The fourth-order valence-corrected chi connectivity index (χ4v) is 3.08. The van der Waals surface area contributed by atoms with Crippen LogP contribution in [-0.4, -0.2) is 28.5 Å². The number of rotatable bonds is 6. The average Bonchev–Trinajstić information content (AvgIpc) is 3.21. The zero-order valence-electron chi connectivity index (χ0n) is 15.2. The highest BCUT2D eigenvalue weighted by Gasteiger charge is 2.16. The first kappa shape index (κ1) is 18.7. The highest BCUT2D eigenvalue weighted by molar-refractivity contribution is 6.31. The highest BCUT2D eigenvalue weighted by Crippen LogP contribution is 2.26. The van der Waals surface area contributed by atoms with Crippen molar-refractivity contribution in [2.75, 3.05) is 11.9 Å². The van der Waals surface area contributed by atoms with Crippen LogP contribution >= 0.6 is 11.6 Å². The topological polar surface area (TPSA) is 84.1 Å². The van der Waals surface area contributed by atoms with E-state index in [1.54, 1.807) is 48.7 Å². The number of anilines is 1. The third kappa shape index (κ3) is 4.28. The summed E-state index contributed by atoms with van der Waals surface area (Å²) in [5.74, 6) is -0.279. The molecule has 1 heterocycles. The molecule has 0 saturated carbocycles. The largest absolute Gasteiger partial charge is 0.483 e. The molecule has 0 bridgehead atoms. The summed E-state index contributed by atoms with van der Waals surface area (Å²) < 4.78 is 5.63. The normalized spacial score (nSPS) is 10.7. The minimum Gasteiger partial charge on any atom is -0.483 e. The Balaban J connectivity index is 1.47. The summed E-state index contributed by atoms with van der Waals surface area (Å²) >= 11 is 6.06. The standard InChI is InChI=1S/C22H16ClN3O3/c23-16-6-9-20(18(11-16)22(28)14-4-2-1-3-5-14)29-13-21(27)25-17-7-8-19-15(10-17)12-24-26-19/h1-12H,13H2,(H,24,26)(H,25,27). The Kier molecular flexibility index (Phi) is 5.27. The van der Waals surface area contributed by atoms with E-state index >= 15 is 0 Å². The lowest BCUT2D eigenvalue weighted by molar-refractivity contribution is -0.118. The molecule has 0 saturated heterocycles. The van der Waals surface area contributed by atoms with E-state index in [9.17, 15) is 9.59 Å². The molecule has 0 aliphatic rings. The van der Waals surface area contributed by atoms with E-state index < -0.39 is 0 Å². The van der Waals surface area contributed by atoms with Gasteiger partial charge in [0.25, 0.3) is 5.91 Å². The van der Waals surface area contributed by atoms with Crippen LogP contribution in [0.3, 0.4) is 0 Å². The van der Waals surface area contributed by atoms with Crippen LogP contribution < -0.4 is 10.1 Å². The first-order valence-electron chi connectivity index (χ1n) is 8.85. The van der Waals surface area contributed by atoms with E-state index in [1.165, 1.54) is 6.07 Å². The van der Waals surface area contributed by atoms with Crippen molar-refractivity contribution in [2.24, 2.45) is 0 Å². The molecule has 0 spiro atoms. The molecule has 0 unspecified atom stereocenters. The Hall–Kier alpha value is -3.64. The molecule has 6 nitrogen and oxygen atoms in total. The number of fused-ring (bicyclic) bond motifs is 1. The molecule has 0 atom stereocenters. The van der Waals surface area contributed by atoms with Crippen LogP contribution in [0.2, 0.25) is 5.02 Å². The quantitative estimate of drug-likeness (QED) is 0.464. The lowest BCUT2D eigenvalue weighted by atomic mass is 10.0. The number of ether oxygens (including phenoxy) is 1. The number of H-pyrrole nitrogens is 1. The molecular formula is C22H16ClN3O3. The van der Waals surface area contributed by atoms with Gasteiger partial charge in [0.2, 0.25) is 0 Å². The Bertz CT molecular complexity index is 1190. The van der Waals surface area contributed by atoms with Gasteiger partial charge in [-0.3, -0.25) is 14.7 Å². The van der Waals surface area contributed by atoms with Gasteiger partial charge in [0.05, 0.1) is 17.3 Å². The SMILES string of the molecule is O=C(COc1ccc(Cl)cc1C(=O)c1ccccc1)Nc1ccc2[nH]ncc2c1. The number of carbonyl (C=O) groups is 2. The number of aromatic amines is 1. The summed E-state index contributed by atoms with van der Waals surface area (Å²) in [6, 6.07) is 19.0. The third-order valence-corrected chi connectivity index (χ3v) is 4.54. The zero-order valence-corrected chi connectivity index (χ0v) is 15.9. The molecule has 144 valence electrons. The predicted octanol–water partition coefficient (Wildman–Crippen LogP) is 4.46. The molecule has 2 N–H and O–H groups in total. The number of halogens is 1. The number of hydrogen-bond donors (Lipinski definition) is 2. The van der Waals surface area contributed by atoms with Crippen molar-refractivity contribution in [1.82, 2.24) is 10.2 Å². The minimum absolute atomic E-state index is 0.228. The lowest BCUT2D eigenvalue weighted by Gasteiger charge is -2.12. The smallest absolute Gasteiger partial charge is 0.262 e. The predicted molar refractivity (Wildman–Crippen MR) is 112 cm³/mol. The molecule has 4 aromatic rings. The molecule has 0 radical (unpaired) electrons. The second-order valence-electron chi connectivity index (χ2n) is 6.34. The summed E-state index contributed by atoms with van der Waals surface area (Å²) in [4.78, 5) is 25.1. The number of nitrogens with one attached hydrogen (secondary N) is 2. The Morgan fingerprint density at radius 1 is 1.03 bits per heavy atom. The maximum absolute atomic E-state index is 12.8. The fourth-order valence-electron chi connectivity index (χ4n) is 2.91. The van der Waals surface area contributed by atoms with Crippen LogP contribution in [0.4, 0.5) is 5.69 Å². The van der Waals surface area contributed by atoms with Crippen molar-refractivity contribution < 1.29 is 14.3 Å². The van der Waals surface area contributed by atoms with Gasteiger partial charge in [0, 0.05) is 21.7 Å². The minimum atomic E-state index is -0.346. The van der Waals surface area contributed by atoms with Gasteiger partial charge in [0.1, 0.15) is 5.75 Å². The van der Waals surface area contributed by atoms with Crippen LogP contribution in [0.5, 0.6) is 5.75 Å². The van der Waals surface area contributed by atoms with Crippen molar-refractivity contribution >= 4 is 39.9 Å². The summed E-state index contributed by atoms with van der Waals surface area (Å²) in [6.45, 7) is -0.250. The number of benzene rings is 3. The Morgan fingerprint density at radius 3 is 2.69 bits per heavy atom. The first-order valence-corrected chi connectivity index (χ1v) is 9.23. The number of ketones is 1. The van der Waals surface area contributed by atoms with Crippen molar-refractivity contribution in [3.8, 4) is 5.75 Å². The molecule has 0 aliphatic heterocycles. The van der Waals surface area contributed by atoms with Crippen LogP contribution in [-0.2, 0) is 4.79 Å². The Labute approximate surface area is 171 Å². The van der Waals surface area contributed by atoms with Gasteiger partial charge in [-0.2, -0.15) is 5.10 Å². The molecule has 1 amide bonds. The number of carbonyl (C=O) groups excluding carboxylic acids is 2. The molecular weight excluding hydrogens is 390 g/mol. The molecule has 7 heteroatoms. The summed E-state index contributed by atoms with van der Waals surface area (Å²) in [7, 11) is 0. The molecule has 4 rings (SSSR count). The summed E-state index contributed by atoms with van der Waals surface area (Å²) in [5.41, 5.74) is 2.32. The molecule has 29 heavy (non-hydrogen) atoms. The van der Waals surface area contributed by atoms with Gasteiger partial charge < -0.3 is 10.1 Å². The molecule has 0 aliphatic carbocycles. The number of hydrogen-bond acceptors (Lipinski definition) is 4. The number of aromatic nitrogens is 2. The van der Waals surface area contributed by atoms with Crippen LogP contribution in [0, 0.1) is 0 Å². The van der Waals surface area contributed by atoms with Gasteiger partial charge in [-0.25, -0.2) is 0 Å². The van der Waals surface area contributed by atoms with Crippen molar-refractivity contribution in [1.29, 1.82) is 0 Å². The third-order valence-electron chi connectivity index (χ3n) is 4.30. The number of nitrogens with zero attached hydrogens (tertiary/aromatic N) is 1. The second-order valence-corrected chi connectivity index (χ2v) is 6.78. The first-order chi connectivity index (χ1) is 14.1. The van der Waals surface area contributed by atoms with Gasteiger partial charge >= 0.3 is 0 Å². The Morgan fingerprint density at radius 2 is 1.86 bits per heavy atom. The van der Waals surface area contributed by atoms with E-state index in [0.717, 1.165) is 10.9 Å². The van der Waals surface area contributed by atoms with E-state index in [2.05, 4.69) is 15.5 Å². The molecule has 1 aromatic heterocycles. The zero-order chi connectivity index (χ0) is 20.2. The van der Waals surface area contributed by atoms with Gasteiger partial charge in [0.15, 0.2) is 12.4 Å². The molecule has 0 fully saturated rings. The van der Waals surface area contributed by atoms with E-state index in [4.69, 9.17) is 16.3 Å². The van der Waals surface area contributed by atoms with Crippen molar-refractivity contribution in [3.63, 3.8) is 0 Å². The summed E-state index contributed by atoms with van der Waals surface area (Å²) in [5, 5.41) is 10.9. The van der Waals surface area contributed by atoms with Crippen LogP contribution in [0.15, 0.2) is 72.9 Å². The highest BCUT2D eigenvalue weighted by atomic mass is 35.5. The van der Waals surface area contributed by atoms with Gasteiger partial charge in [-0.15, -0.1) is 0 Å².